The van der Waals surface area contributed by atoms with Gasteiger partial charge in [0.25, 0.3) is 5.91 Å². The van der Waals surface area contributed by atoms with Crippen LogP contribution in [0.4, 0.5) is 0 Å². The van der Waals surface area contributed by atoms with Crippen molar-refractivity contribution < 1.29 is 25.2 Å². The van der Waals surface area contributed by atoms with Crippen LogP contribution in [0.25, 0.3) is 6.08 Å². The second kappa shape index (κ2) is 8.31. The van der Waals surface area contributed by atoms with Gasteiger partial charge in [0.2, 0.25) is 5.96 Å². The lowest BCUT2D eigenvalue weighted by Gasteiger charge is -2.17. The molecule has 1 aromatic carbocycles. The zero-order chi connectivity index (χ0) is 17.5. The quantitative estimate of drug-likeness (QED) is 0.205. The highest BCUT2D eigenvalue weighted by atomic mass is 16.4. The summed E-state index contributed by atoms with van der Waals surface area (Å²) in [5.74, 6) is -0.351. The molecule has 1 aliphatic heterocycles. The van der Waals surface area contributed by atoms with E-state index in [2.05, 4.69) is 20.8 Å². The van der Waals surface area contributed by atoms with Crippen molar-refractivity contribution in [3.05, 3.63) is 41.6 Å². The fourth-order valence-corrected chi connectivity index (χ4v) is 1.83. The molecule has 0 bridgehead atoms. The van der Waals surface area contributed by atoms with Crippen LogP contribution in [0.1, 0.15) is 5.56 Å². The Kier molecular flexibility index (Phi) is 6.15. The topological polar surface area (TPSA) is 147 Å². The lowest BCUT2D eigenvalue weighted by Crippen LogP contribution is -2.41. The number of hydrazone groups is 1. The largest absolute Gasteiger partial charge is 0.394 e. The number of aliphatic hydroxyl groups is 4. The Bertz CT molecular complexity index is 659. The minimum atomic E-state index is -1.59. The second-order valence-corrected chi connectivity index (χ2v) is 4.98. The van der Waals surface area contributed by atoms with Crippen molar-refractivity contribution in [1.82, 2.24) is 10.7 Å². The molecule has 3 atom stereocenters. The Balaban J connectivity index is 1.96. The van der Waals surface area contributed by atoms with Crippen molar-refractivity contribution in [3.63, 3.8) is 0 Å². The van der Waals surface area contributed by atoms with E-state index in [9.17, 15) is 20.1 Å². The maximum atomic E-state index is 11.8. The van der Waals surface area contributed by atoms with Gasteiger partial charge in [0.15, 0.2) is 0 Å². The minimum Gasteiger partial charge on any atom is -0.394 e. The number of hydrogen-bond acceptors (Lipinski definition) is 8. The first-order valence-electron chi connectivity index (χ1n) is 7.12. The number of guanidine groups is 1. The van der Waals surface area contributed by atoms with Gasteiger partial charge >= 0.3 is 0 Å². The van der Waals surface area contributed by atoms with Gasteiger partial charge in [0.1, 0.15) is 24.0 Å². The van der Waals surface area contributed by atoms with Gasteiger partial charge in [-0.15, -0.1) is 0 Å². The molecule has 0 radical (unpaired) electrons. The van der Waals surface area contributed by atoms with Crippen molar-refractivity contribution in [1.29, 1.82) is 0 Å². The van der Waals surface area contributed by atoms with E-state index in [0.29, 0.717) is 0 Å². The molecule has 1 aliphatic rings. The fourth-order valence-electron chi connectivity index (χ4n) is 1.83. The molecular weight excluding hydrogens is 316 g/mol. The Morgan fingerprint density at radius 3 is 2.62 bits per heavy atom. The van der Waals surface area contributed by atoms with Crippen LogP contribution in [0.15, 0.2) is 46.1 Å². The van der Waals surface area contributed by atoms with Gasteiger partial charge in [-0.1, -0.05) is 30.3 Å². The molecule has 0 saturated carbocycles. The van der Waals surface area contributed by atoms with Gasteiger partial charge in [-0.2, -0.15) is 5.10 Å². The number of nitrogens with one attached hydrogen (secondary N) is 2. The Labute approximate surface area is 137 Å². The minimum absolute atomic E-state index is 0.0582. The zero-order valence-electron chi connectivity index (χ0n) is 12.6. The van der Waals surface area contributed by atoms with E-state index >= 15 is 0 Å². The number of nitrogens with zero attached hydrogens (tertiary/aromatic N) is 2. The third-order valence-electron chi connectivity index (χ3n) is 3.13. The van der Waals surface area contributed by atoms with E-state index in [0.717, 1.165) is 11.8 Å². The van der Waals surface area contributed by atoms with Gasteiger partial charge < -0.3 is 20.4 Å². The first-order valence-corrected chi connectivity index (χ1v) is 7.12. The highest BCUT2D eigenvalue weighted by molar-refractivity contribution is 6.13. The van der Waals surface area contributed by atoms with Crippen LogP contribution in [-0.2, 0) is 4.79 Å². The summed E-state index contributed by atoms with van der Waals surface area (Å²) in [6, 6.07) is 9.17. The molecule has 6 N–H and O–H groups in total. The molecule has 9 heteroatoms. The molecular formula is C15H18N4O5. The molecule has 0 fully saturated rings. The monoisotopic (exact) mass is 334 g/mol. The lowest BCUT2D eigenvalue weighted by atomic mass is 10.1. The average Bonchev–Trinajstić information content (AvgIpc) is 2.93. The van der Waals surface area contributed by atoms with E-state index in [1.165, 1.54) is 0 Å². The van der Waals surface area contributed by atoms with Crippen molar-refractivity contribution in [2.24, 2.45) is 10.1 Å². The number of carbonyl (C=O) groups excluding carboxylic acids is 1. The predicted octanol–water partition coefficient (Wildman–Crippen LogP) is -1.84. The van der Waals surface area contributed by atoms with Crippen LogP contribution in [0.2, 0.25) is 0 Å². The molecule has 2 rings (SSSR count). The molecule has 1 aromatic rings. The van der Waals surface area contributed by atoms with E-state index < -0.39 is 30.8 Å². The summed E-state index contributed by atoms with van der Waals surface area (Å²) in [5, 5.41) is 42.9. The maximum Gasteiger partial charge on any atom is 0.276 e. The van der Waals surface area contributed by atoms with Gasteiger partial charge in [0, 0.05) is 0 Å². The maximum absolute atomic E-state index is 11.8. The third-order valence-corrected chi connectivity index (χ3v) is 3.13. The lowest BCUT2D eigenvalue weighted by molar-refractivity contribution is -0.115. The number of aliphatic imine (C=N–C) groups is 1. The summed E-state index contributed by atoms with van der Waals surface area (Å²) >= 11 is 0. The number of aliphatic hydroxyl groups excluding tert-OH is 4. The van der Waals surface area contributed by atoms with Crippen molar-refractivity contribution in [2.75, 3.05) is 6.61 Å². The Hall–Kier alpha value is -2.59. The fraction of sp³-hybridized carbons (Fsp3) is 0.267. The smallest absolute Gasteiger partial charge is 0.276 e. The van der Waals surface area contributed by atoms with Crippen LogP contribution in [0.3, 0.4) is 0 Å². The number of amides is 1. The molecule has 128 valence electrons. The number of benzene rings is 1. The third kappa shape index (κ3) is 4.70. The highest BCUT2D eigenvalue weighted by Crippen LogP contribution is 2.11. The van der Waals surface area contributed by atoms with E-state index in [1.807, 2.05) is 30.3 Å². The van der Waals surface area contributed by atoms with E-state index in [4.69, 9.17) is 5.11 Å². The molecule has 0 spiro atoms. The van der Waals surface area contributed by atoms with Crippen molar-refractivity contribution >= 4 is 24.2 Å². The normalized spacial score (nSPS) is 19.9. The molecule has 0 aromatic heterocycles. The van der Waals surface area contributed by atoms with Crippen LogP contribution < -0.4 is 10.7 Å². The summed E-state index contributed by atoms with van der Waals surface area (Å²) in [6.45, 7) is -0.699. The average molecular weight is 334 g/mol. The standard InChI is InChI=1S/C15H18N4O5/c20-8-12(22)13(23)11(21)7-16-19-15-17-10(14(24)18-15)6-9-4-2-1-3-5-9/h1-7,11-13,20-23H,8H2,(H2,17,18,19,24)/b10-6+,16-7+/t11-,12+,13-/m0/s1. The summed E-state index contributed by atoms with van der Waals surface area (Å²) in [6.07, 6.45) is -2.07. The first-order chi connectivity index (χ1) is 11.5. The van der Waals surface area contributed by atoms with Crippen LogP contribution >= 0.6 is 0 Å². The predicted molar refractivity (Wildman–Crippen MR) is 86.7 cm³/mol. The molecule has 1 heterocycles. The summed E-state index contributed by atoms with van der Waals surface area (Å²) in [7, 11) is 0. The SMILES string of the molecule is O=C1NC(N/N=C/[C@H](O)[C@H](O)[C@H](O)CO)=N/C1=C/c1ccccc1. The van der Waals surface area contributed by atoms with Gasteiger partial charge in [-0.05, 0) is 11.6 Å². The van der Waals surface area contributed by atoms with E-state index in [1.54, 1.807) is 6.08 Å². The summed E-state index contributed by atoms with van der Waals surface area (Å²) in [5.41, 5.74) is 3.40. The van der Waals surface area contributed by atoms with Gasteiger partial charge in [-0.25, -0.2) is 10.4 Å². The van der Waals surface area contributed by atoms with E-state index in [-0.39, 0.29) is 11.7 Å². The molecule has 24 heavy (non-hydrogen) atoms. The summed E-state index contributed by atoms with van der Waals surface area (Å²) in [4.78, 5) is 15.8. The van der Waals surface area contributed by atoms with Crippen molar-refractivity contribution in [2.45, 2.75) is 18.3 Å². The highest BCUT2D eigenvalue weighted by Gasteiger charge is 2.23. The van der Waals surface area contributed by atoms with Crippen LogP contribution in [0.5, 0.6) is 0 Å². The molecule has 0 aliphatic carbocycles. The van der Waals surface area contributed by atoms with Gasteiger partial charge in [0.05, 0.1) is 12.8 Å². The zero-order valence-corrected chi connectivity index (χ0v) is 12.6. The van der Waals surface area contributed by atoms with Crippen LogP contribution in [0, 0.1) is 0 Å². The first kappa shape index (κ1) is 17.8. The molecule has 0 unspecified atom stereocenters. The summed E-state index contributed by atoms with van der Waals surface area (Å²) < 4.78 is 0. The molecule has 9 nitrogen and oxygen atoms in total. The van der Waals surface area contributed by atoms with Gasteiger partial charge in [-0.3, -0.25) is 10.1 Å². The number of carbonyl (C=O) groups is 1. The molecule has 1 amide bonds. The Morgan fingerprint density at radius 2 is 1.96 bits per heavy atom. The van der Waals surface area contributed by atoms with Crippen molar-refractivity contribution in [3.8, 4) is 0 Å². The molecule has 0 saturated heterocycles. The Morgan fingerprint density at radius 1 is 1.25 bits per heavy atom. The van der Waals surface area contributed by atoms with Crippen LogP contribution in [-0.4, -0.2) is 63.4 Å². The number of hydrogen-bond donors (Lipinski definition) is 6. The second-order valence-electron chi connectivity index (χ2n) is 4.98. The number of rotatable bonds is 6.